The summed E-state index contributed by atoms with van der Waals surface area (Å²) in [6.45, 7) is 9.24. The van der Waals surface area contributed by atoms with Gasteiger partial charge in [-0.25, -0.2) is 0 Å². The topological polar surface area (TPSA) is 0 Å². The highest BCUT2D eigenvalue weighted by molar-refractivity contribution is 5.97. The van der Waals surface area contributed by atoms with Crippen molar-refractivity contribution in [3.05, 3.63) is 120 Å². The van der Waals surface area contributed by atoms with E-state index in [1.807, 2.05) is 0 Å². The SMILES string of the molecule is CC(C)c1ccc(-c2ccc3c(c2)C(C)(C)c2cc(-c4cccc5ccccc45)ccc2-3)cc1. The fourth-order valence-electron chi connectivity index (χ4n) is 5.62. The molecule has 0 unspecified atom stereocenters. The van der Waals surface area contributed by atoms with Crippen LogP contribution >= 0.6 is 0 Å². The first-order chi connectivity index (χ1) is 16.4. The van der Waals surface area contributed by atoms with Gasteiger partial charge in [-0.3, -0.25) is 0 Å². The van der Waals surface area contributed by atoms with E-state index in [9.17, 15) is 0 Å². The van der Waals surface area contributed by atoms with Crippen molar-refractivity contribution in [2.75, 3.05) is 0 Å². The summed E-state index contributed by atoms with van der Waals surface area (Å²) in [4.78, 5) is 0. The zero-order chi connectivity index (χ0) is 23.4. The second-order valence-corrected chi connectivity index (χ2v) is 10.4. The van der Waals surface area contributed by atoms with Crippen LogP contribution in [-0.2, 0) is 5.41 Å². The third kappa shape index (κ3) is 3.21. The van der Waals surface area contributed by atoms with E-state index in [0.717, 1.165) is 0 Å². The van der Waals surface area contributed by atoms with Gasteiger partial charge in [-0.05, 0) is 78.9 Å². The lowest BCUT2D eigenvalue weighted by Gasteiger charge is -2.23. The number of fused-ring (bicyclic) bond motifs is 4. The van der Waals surface area contributed by atoms with Crippen LogP contribution in [0, 0.1) is 0 Å². The van der Waals surface area contributed by atoms with Crippen molar-refractivity contribution in [2.24, 2.45) is 0 Å². The predicted octanol–water partition coefficient (Wildman–Crippen LogP) is 9.60. The lowest BCUT2D eigenvalue weighted by atomic mass is 9.80. The van der Waals surface area contributed by atoms with Gasteiger partial charge in [-0.15, -0.1) is 0 Å². The second kappa shape index (κ2) is 7.71. The Morgan fingerprint density at radius 1 is 0.529 bits per heavy atom. The third-order valence-electron chi connectivity index (χ3n) is 7.69. The Hall–Kier alpha value is -3.64. The molecule has 0 radical (unpaired) electrons. The molecule has 0 saturated carbocycles. The Kier molecular flexibility index (Phi) is 4.74. The first-order valence-corrected chi connectivity index (χ1v) is 12.3. The van der Waals surface area contributed by atoms with Gasteiger partial charge in [0.05, 0.1) is 0 Å². The molecule has 1 aliphatic rings. The van der Waals surface area contributed by atoms with Crippen LogP contribution in [0.3, 0.4) is 0 Å². The average molecular weight is 439 g/mol. The summed E-state index contributed by atoms with van der Waals surface area (Å²) >= 11 is 0. The largest absolute Gasteiger partial charge is 0.0616 e. The molecule has 34 heavy (non-hydrogen) atoms. The lowest BCUT2D eigenvalue weighted by Crippen LogP contribution is -2.15. The van der Waals surface area contributed by atoms with Crippen LogP contribution in [0.15, 0.2) is 103 Å². The van der Waals surface area contributed by atoms with Crippen LogP contribution in [-0.4, -0.2) is 0 Å². The van der Waals surface area contributed by atoms with E-state index in [-0.39, 0.29) is 5.41 Å². The molecule has 0 heteroatoms. The molecule has 0 aromatic heterocycles. The minimum absolute atomic E-state index is 0.0425. The van der Waals surface area contributed by atoms with Gasteiger partial charge in [-0.2, -0.15) is 0 Å². The van der Waals surface area contributed by atoms with Crippen molar-refractivity contribution in [2.45, 2.75) is 39.0 Å². The van der Waals surface area contributed by atoms with Crippen molar-refractivity contribution in [3.8, 4) is 33.4 Å². The van der Waals surface area contributed by atoms with E-state index >= 15 is 0 Å². The number of hydrogen-bond donors (Lipinski definition) is 0. The summed E-state index contributed by atoms with van der Waals surface area (Å²) in [6, 6.07) is 38.4. The minimum Gasteiger partial charge on any atom is -0.0616 e. The maximum absolute atomic E-state index is 2.42. The van der Waals surface area contributed by atoms with Gasteiger partial charge in [0.1, 0.15) is 0 Å². The molecule has 0 heterocycles. The van der Waals surface area contributed by atoms with Crippen LogP contribution < -0.4 is 0 Å². The second-order valence-electron chi connectivity index (χ2n) is 10.4. The maximum atomic E-state index is 2.42. The Labute approximate surface area is 202 Å². The average Bonchev–Trinajstić information content (AvgIpc) is 3.09. The van der Waals surface area contributed by atoms with E-state index in [1.54, 1.807) is 0 Å². The fraction of sp³-hybridized carbons (Fsp3) is 0.176. The Bertz CT molecular complexity index is 1530. The van der Waals surface area contributed by atoms with Crippen molar-refractivity contribution >= 4 is 10.8 Å². The van der Waals surface area contributed by atoms with E-state index in [2.05, 4.69) is 131 Å². The van der Waals surface area contributed by atoms with Gasteiger partial charge in [0, 0.05) is 5.41 Å². The van der Waals surface area contributed by atoms with Crippen molar-refractivity contribution < 1.29 is 0 Å². The summed E-state index contributed by atoms with van der Waals surface area (Å²) in [6.07, 6.45) is 0. The summed E-state index contributed by atoms with van der Waals surface area (Å²) in [5.41, 5.74) is 12.1. The number of benzene rings is 5. The monoisotopic (exact) mass is 438 g/mol. The summed E-state index contributed by atoms with van der Waals surface area (Å²) < 4.78 is 0. The summed E-state index contributed by atoms with van der Waals surface area (Å²) in [7, 11) is 0. The zero-order valence-electron chi connectivity index (χ0n) is 20.4. The van der Waals surface area contributed by atoms with Gasteiger partial charge in [0.15, 0.2) is 0 Å². The van der Waals surface area contributed by atoms with Crippen LogP contribution in [0.4, 0.5) is 0 Å². The van der Waals surface area contributed by atoms with Crippen LogP contribution in [0.25, 0.3) is 44.2 Å². The number of hydrogen-bond acceptors (Lipinski definition) is 0. The first-order valence-electron chi connectivity index (χ1n) is 12.3. The molecule has 0 spiro atoms. The van der Waals surface area contributed by atoms with E-state index < -0.39 is 0 Å². The highest BCUT2D eigenvalue weighted by atomic mass is 14.4. The quantitative estimate of drug-likeness (QED) is 0.263. The Balaban J connectivity index is 1.44. The molecule has 0 saturated heterocycles. The highest BCUT2D eigenvalue weighted by Crippen LogP contribution is 2.50. The molecular formula is C34H30. The molecule has 166 valence electrons. The molecular weight excluding hydrogens is 408 g/mol. The molecule has 0 aliphatic heterocycles. The predicted molar refractivity (Wildman–Crippen MR) is 146 cm³/mol. The molecule has 5 aromatic carbocycles. The number of rotatable bonds is 3. The van der Waals surface area contributed by atoms with Crippen LogP contribution in [0.5, 0.6) is 0 Å². The van der Waals surface area contributed by atoms with E-state index in [1.165, 1.54) is 60.8 Å². The van der Waals surface area contributed by atoms with E-state index in [4.69, 9.17) is 0 Å². The van der Waals surface area contributed by atoms with Crippen molar-refractivity contribution in [3.63, 3.8) is 0 Å². The molecule has 0 fully saturated rings. The molecule has 0 amide bonds. The molecule has 6 rings (SSSR count). The highest BCUT2D eigenvalue weighted by Gasteiger charge is 2.35. The molecule has 0 atom stereocenters. The molecule has 1 aliphatic carbocycles. The summed E-state index contributed by atoms with van der Waals surface area (Å²) in [5, 5.41) is 2.60. The maximum Gasteiger partial charge on any atom is 0.0159 e. The molecule has 5 aromatic rings. The minimum atomic E-state index is -0.0425. The lowest BCUT2D eigenvalue weighted by molar-refractivity contribution is 0.661. The standard InChI is InChI=1S/C34H30/c1-22(2)23-12-14-24(15-13-23)26-16-18-30-31-19-17-27(21-33(31)34(3,4)32(30)20-26)29-11-7-9-25-8-5-6-10-28(25)29/h5-22H,1-4H3. The smallest absolute Gasteiger partial charge is 0.0159 e. The van der Waals surface area contributed by atoms with Gasteiger partial charge >= 0.3 is 0 Å². The van der Waals surface area contributed by atoms with E-state index in [0.29, 0.717) is 5.92 Å². The third-order valence-corrected chi connectivity index (χ3v) is 7.69. The van der Waals surface area contributed by atoms with Gasteiger partial charge in [-0.1, -0.05) is 119 Å². The van der Waals surface area contributed by atoms with Crippen molar-refractivity contribution in [1.29, 1.82) is 0 Å². The first kappa shape index (κ1) is 20.9. The molecule has 0 nitrogen and oxygen atoms in total. The fourth-order valence-corrected chi connectivity index (χ4v) is 5.62. The van der Waals surface area contributed by atoms with Gasteiger partial charge < -0.3 is 0 Å². The van der Waals surface area contributed by atoms with Gasteiger partial charge in [0.25, 0.3) is 0 Å². The normalized spacial score (nSPS) is 13.8. The summed E-state index contributed by atoms with van der Waals surface area (Å²) in [5.74, 6) is 0.554. The Morgan fingerprint density at radius 2 is 1.12 bits per heavy atom. The van der Waals surface area contributed by atoms with Crippen LogP contribution in [0.2, 0.25) is 0 Å². The van der Waals surface area contributed by atoms with Crippen molar-refractivity contribution in [1.82, 2.24) is 0 Å². The van der Waals surface area contributed by atoms with Gasteiger partial charge in [0.2, 0.25) is 0 Å². The molecule has 0 bridgehead atoms. The Morgan fingerprint density at radius 3 is 1.82 bits per heavy atom. The van der Waals surface area contributed by atoms with Crippen LogP contribution in [0.1, 0.15) is 50.3 Å². The molecule has 0 N–H and O–H groups in total. The zero-order valence-corrected chi connectivity index (χ0v) is 20.4.